The topological polar surface area (TPSA) is 38.3 Å². The van der Waals surface area contributed by atoms with E-state index in [9.17, 15) is 4.79 Å². The van der Waals surface area contributed by atoms with E-state index in [-0.39, 0.29) is 12.0 Å². The maximum atomic E-state index is 11.3. The molecule has 1 aromatic carbocycles. The number of carbonyl (C=O) groups is 1. The van der Waals surface area contributed by atoms with E-state index in [1.54, 1.807) is 0 Å². The summed E-state index contributed by atoms with van der Waals surface area (Å²) in [7, 11) is 1.43. The second kappa shape index (κ2) is 4.45. The van der Waals surface area contributed by atoms with Crippen LogP contribution in [0.15, 0.2) is 30.3 Å². The number of methoxy groups -OCH3 is 1. The van der Waals surface area contributed by atoms with Crippen LogP contribution in [-0.2, 0) is 9.53 Å². The zero-order valence-corrected chi connectivity index (χ0v) is 8.77. The fourth-order valence-electron chi connectivity index (χ4n) is 2.04. The van der Waals surface area contributed by atoms with E-state index in [2.05, 4.69) is 17.4 Å². The summed E-state index contributed by atoms with van der Waals surface area (Å²) in [6.07, 6.45) is 0.830. The molecule has 0 aliphatic carbocycles. The highest BCUT2D eigenvalue weighted by Gasteiger charge is 2.30. The number of rotatable bonds is 2. The third-order valence-electron chi connectivity index (χ3n) is 2.89. The van der Waals surface area contributed by atoms with Gasteiger partial charge in [0.25, 0.3) is 0 Å². The van der Waals surface area contributed by atoms with Crippen molar-refractivity contribution in [3.63, 3.8) is 0 Å². The van der Waals surface area contributed by atoms with Crippen LogP contribution in [0.2, 0.25) is 0 Å². The molecule has 0 aromatic heterocycles. The van der Waals surface area contributed by atoms with Gasteiger partial charge in [0.05, 0.1) is 7.11 Å². The van der Waals surface area contributed by atoms with Gasteiger partial charge in [0.15, 0.2) is 0 Å². The first-order chi connectivity index (χ1) is 7.31. The molecule has 1 aliphatic rings. The number of hydrogen-bond donors (Lipinski definition) is 1. The lowest BCUT2D eigenvalue weighted by molar-refractivity contribution is -0.142. The molecule has 1 heterocycles. The first-order valence-electron chi connectivity index (χ1n) is 5.17. The van der Waals surface area contributed by atoms with Gasteiger partial charge in [-0.2, -0.15) is 0 Å². The molecule has 1 saturated heterocycles. The average molecular weight is 205 g/mol. The number of esters is 1. The second-order valence-corrected chi connectivity index (χ2v) is 3.83. The summed E-state index contributed by atoms with van der Waals surface area (Å²) in [4.78, 5) is 11.3. The molecular formula is C12H15NO2. The fraction of sp³-hybridized carbons (Fsp3) is 0.417. The van der Waals surface area contributed by atoms with Crippen molar-refractivity contribution in [2.45, 2.75) is 18.4 Å². The van der Waals surface area contributed by atoms with Crippen molar-refractivity contribution < 1.29 is 9.53 Å². The SMILES string of the molecule is COC(=O)[C@@H]1CC(c2ccccc2)CN1. The predicted octanol–water partition coefficient (Wildman–Crippen LogP) is 1.31. The smallest absolute Gasteiger partial charge is 0.322 e. The Bertz CT molecular complexity index is 337. The van der Waals surface area contributed by atoms with Crippen molar-refractivity contribution in [3.8, 4) is 0 Å². The van der Waals surface area contributed by atoms with Gasteiger partial charge >= 0.3 is 5.97 Å². The highest BCUT2D eigenvalue weighted by Crippen LogP contribution is 2.25. The Morgan fingerprint density at radius 1 is 1.40 bits per heavy atom. The Kier molecular flexibility index (Phi) is 3.02. The number of ether oxygens (including phenoxy) is 1. The quantitative estimate of drug-likeness (QED) is 0.740. The molecule has 15 heavy (non-hydrogen) atoms. The first kappa shape index (κ1) is 10.2. The lowest BCUT2D eigenvalue weighted by Gasteiger charge is -2.08. The third-order valence-corrected chi connectivity index (χ3v) is 2.89. The molecular weight excluding hydrogens is 190 g/mol. The Morgan fingerprint density at radius 2 is 2.13 bits per heavy atom. The van der Waals surface area contributed by atoms with E-state index in [0.29, 0.717) is 5.92 Å². The van der Waals surface area contributed by atoms with Crippen LogP contribution in [0.4, 0.5) is 0 Å². The standard InChI is InChI=1S/C12H15NO2/c1-15-12(14)11-7-10(8-13-11)9-5-3-2-4-6-9/h2-6,10-11,13H,7-8H2,1H3/t10?,11-/m0/s1. The molecule has 0 saturated carbocycles. The Labute approximate surface area is 89.4 Å². The Morgan fingerprint density at radius 3 is 2.80 bits per heavy atom. The summed E-state index contributed by atoms with van der Waals surface area (Å²) in [5.41, 5.74) is 1.29. The minimum Gasteiger partial charge on any atom is -0.468 e. The average Bonchev–Trinajstić information content (AvgIpc) is 2.78. The van der Waals surface area contributed by atoms with E-state index < -0.39 is 0 Å². The monoisotopic (exact) mass is 205 g/mol. The van der Waals surface area contributed by atoms with Gasteiger partial charge in [-0.3, -0.25) is 4.79 Å². The summed E-state index contributed by atoms with van der Waals surface area (Å²) < 4.78 is 4.72. The minimum atomic E-state index is -0.159. The van der Waals surface area contributed by atoms with Crippen LogP contribution in [0.1, 0.15) is 17.9 Å². The highest BCUT2D eigenvalue weighted by atomic mass is 16.5. The van der Waals surface area contributed by atoms with Gasteiger partial charge in [-0.1, -0.05) is 30.3 Å². The number of carbonyl (C=O) groups excluding carboxylic acids is 1. The van der Waals surface area contributed by atoms with Crippen molar-refractivity contribution in [2.24, 2.45) is 0 Å². The van der Waals surface area contributed by atoms with Gasteiger partial charge in [-0.15, -0.1) is 0 Å². The van der Waals surface area contributed by atoms with Gasteiger partial charge in [0, 0.05) is 6.54 Å². The highest BCUT2D eigenvalue weighted by molar-refractivity contribution is 5.76. The van der Waals surface area contributed by atoms with Gasteiger partial charge in [0.2, 0.25) is 0 Å². The molecule has 2 atom stereocenters. The largest absolute Gasteiger partial charge is 0.468 e. The maximum Gasteiger partial charge on any atom is 0.322 e. The molecule has 1 aromatic rings. The van der Waals surface area contributed by atoms with Crippen LogP contribution in [-0.4, -0.2) is 25.7 Å². The van der Waals surface area contributed by atoms with Crippen molar-refractivity contribution in [2.75, 3.05) is 13.7 Å². The molecule has 1 fully saturated rings. The van der Waals surface area contributed by atoms with Crippen molar-refractivity contribution in [1.29, 1.82) is 0 Å². The van der Waals surface area contributed by atoms with Crippen molar-refractivity contribution in [1.82, 2.24) is 5.32 Å². The number of nitrogens with one attached hydrogen (secondary N) is 1. The van der Waals surface area contributed by atoms with E-state index in [0.717, 1.165) is 13.0 Å². The summed E-state index contributed by atoms with van der Waals surface area (Å²) >= 11 is 0. The molecule has 1 aliphatic heterocycles. The zero-order valence-electron chi connectivity index (χ0n) is 8.77. The molecule has 0 amide bonds. The zero-order chi connectivity index (χ0) is 10.7. The summed E-state index contributed by atoms with van der Waals surface area (Å²) in [5, 5.41) is 3.18. The van der Waals surface area contributed by atoms with Crippen molar-refractivity contribution in [3.05, 3.63) is 35.9 Å². The predicted molar refractivity (Wildman–Crippen MR) is 57.6 cm³/mol. The Hall–Kier alpha value is -1.35. The van der Waals surface area contributed by atoms with Crippen LogP contribution in [0.25, 0.3) is 0 Å². The molecule has 0 bridgehead atoms. The van der Waals surface area contributed by atoms with E-state index in [4.69, 9.17) is 4.74 Å². The number of hydrogen-bond acceptors (Lipinski definition) is 3. The van der Waals surface area contributed by atoms with Crippen LogP contribution in [0.3, 0.4) is 0 Å². The maximum absolute atomic E-state index is 11.3. The molecule has 2 rings (SSSR count). The summed E-state index contributed by atoms with van der Waals surface area (Å²) in [6.45, 7) is 0.851. The molecule has 0 radical (unpaired) electrons. The van der Waals surface area contributed by atoms with E-state index >= 15 is 0 Å². The summed E-state index contributed by atoms with van der Waals surface area (Å²) in [6, 6.07) is 10.1. The van der Waals surface area contributed by atoms with Crippen LogP contribution in [0, 0.1) is 0 Å². The molecule has 3 heteroatoms. The number of benzene rings is 1. The molecule has 3 nitrogen and oxygen atoms in total. The fourth-order valence-corrected chi connectivity index (χ4v) is 2.04. The lowest BCUT2D eigenvalue weighted by atomic mass is 9.96. The Balaban J connectivity index is 2.02. The summed E-state index contributed by atoms with van der Waals surface area (Å²) in [5.74, 6) is 0.267. The van der Waals surface area contributed by atoms with Gasteiger partial charge < -0.3 is 10.1 Å². The van der Waals surface area contributed by atoms with E-state index in [1.807, 2.05) is 18.2 Å². The van der Waals surface area contributed by atoms with Crippen molar-refractivity contribution >= 4 is 5.97 Å². The van der Waals surface area contributed by atoms with Gasteiger partial charge in [0.1, 0.15) is 6.04 Å². The lowest BCUT2D eigenvalue weighted by Crippen LogP contribution is -2.31. The third kappa shape index (κ3) is 2.18. The second-order valence-electron chi connectivity index (χ2n) is 3.83. The first-order valence-corrected chi connectivity index (χ1v) is 5.17. The molecule has 80 valence electrons. The molecule has 1 N–H and O–H groups in total. The molecule has 0 spiro atoms. The van der Waals surface area contributed by atoms with Gasteiger partial charge in [-0.25, -0.2) is 0 Å². The van der Waals surface area contributed by atoms with Crippen LogP contribution < -0.4 is 5.32 Å². The molecule has 1 unspecified atom stereocenters. The van der Waals surface area contributed by atoms with E-state index in [1.165, 1.54) is 12.7 Å². The van der Waals surface area contributed by atoms with Crippen LogP contribution >= 0.6 is 0 Å². The normalized spacial score (nSPS) is 25.1. The minimum absolute atomic E-state index is 0.139. The van der Waals surface area contributed by atoms with Gasteiger partial charge in [-0.05, 0) is 17.9 Å². The van der Waals surface area contributed by atoms with Crippen LogP contribution in [0.5, 0.6) is 0 Å².